The van der Waals surface area contributed by atoms with Gasteiger partial charge in [0, 0.05) is 6.54 Å². The van der Waals surface area contributed by atoms with Crippen LogP contribution in [0, 0.1) is 0 Å². The number of nitrogens with zero attached hydrogens (tertiary/aromatic N) is 1. The van der Waals surface area contributed by atoms with Crippen molar-refractivity contribution in [2.45, 2.75) is 26.9 Å². The normalized spacial score (nSPS) is 11.2. The third-order valence-electron chi connectivity index (χ3n) is 4.24. The summed E-state index contributed by atoms with van der Waals surface area (Å²) in [6, 6.07) is 3.20. The fourth-order valence-electron chi connectivity index (χ4n) is 2.56. The highest BCUT2D eigenvalue weighted by atomic mass is 35.5. The molecule has 10 heteroatoms. The van der Waals surface area contributed by atoms with E-state index < -0.39 is 0 Å². The van der Waals surface area contributed by atoms with Crippen molar-refractivity contribution < 1.29 is 13.9 Å². The fourth-order valence-corrected chi connectivity index (χ4v) is 3.79. The molecule has 0 aliphatic carbocycles. The van der Waals surface area contributed by atoms with Crippen molar-refractivity contribution >= 4 is 63.9 Å². The number of amides is 1. The molecule has 1 aromatic carbocycles. The van der Waals surface area contributed by atoms with E-state index in [1.165, 1.54) is 0 Å². The van der Waals surface area contributed by atoms with Gasteiger partial charge in [0.15, 0.2) is 11.5 Å². The lowest BCUT2D eigenvalue weighted by atomic mass is 10.3. The van der Waals surface area contributed by atoms with Crippen LogP contribution in [-0.4, -0.2) is 37.0 Å². The van der Waals surface area contributed by atoms with Crippen LogP contribution in [0.4, 0.5) is 0 Å². The lowest BCUT2D eigenvalue weighted by Gasteiger charge is -2.17. The molecule has 0 spiro atoms. The summed E-state index contributed by atoms with van der Waals surface area (Å²) >= 11 is 30.2. The number of carbonyl (C=O) groups excluding carboxylic acids is 1. The molecule has 1 heterocycles. The Morgan fingerprint density at radius 1 is 1.00 bits per heavy atom. The molecule has 0 unspecified atom stereocenters. The van der Waals surface area contributed by atoms with Gasteiger partial charge < -0.3 is 19.4 Å². The Labute approximate surface area is 195 Å². The first-order chi connectivity index (χ1) is 13.8. The molecule has 5 nitrogen and oxygen atoms in total. The highest BCUT2D eigenvalue weighted by Gasteiger charge is 2.21. The van der Waals surface area contributed by atoms with Gasteiger partial charge in [-0.1, -0.05) is 71.9 Å². The van der Waals surface area contributed by atoms with Crippen LogP contribution in [0.5, 0.6) is 5.75 Å². The molecule has 1 N–H and O–H groups in total. The minimum atomic E-state index is -0.288. The number of furan rings is 1. The van der Waals surface area contributed by atoms with Crippen molar-refractivity contribution in [2.24, 2.45) is 0 Å². The van der Waals surface area contributed by atoms with E-state index in [1.807, 2.05) is 0 Å². The van der Waals surface area contributed by atoms with Crippen molar-refractivity contribution in [3.8, 4) is 5.75 Å². The van der Waals surface area contributed by atoms with Gasteiger partial charge in [-0.25, -0.2) is 0 Å². The second-order valence-corrected chi connectivity index (χ2v) is 7.98. The van der Waals surface area contributed by atoms with Crippen molar-refractivity contribution in [3.63, 3.8) is 0 Å². The van der Waals surface area contributed by atoms with E-state index >= 15 is 0 Å². The van der Waals surface area contributed by atoms with Crippen molar-refractivity contribution in [1.82, 2.24) is 10.2 Å². The first-order valence-electron chi connectivity index (χ1n) is 9.03. The number of hydrogen-bond donors (Lipinski definition) is 1. The molecule has 29 heavy (non-hydrogen) atoms. The van der Waals surface area contributed by atoms with Crippen LogP contribution >= 0.6 is 58.0 Å². The zero-order chi connectivity index (χ0) is 21.6. The zero-order valence-corrected chi connectivity index (χ0v) is 19.7. The van der Waals surface area contributed by atoms with Gasteiger partial charge in [-0.2, -0.15) is 0 Å². The van der Waals surface area contributed by atoms with Gasteiger partial charge in [0.2, 0.25) is 0 Å². The predicted molar refractivity (Wildman–Crippen MR) is 119 cm³/mol. The molecule has 1 aromatic heterocycles. The van der Waals surface area contributed by atoms with Crippen molar-refractivity contribution in [3.05, 3.63) is 48.8 Å². The van der Waals surface area contributed by atoms with Crippen LogP contribution in [0.15, 0.2) is 16.5 Å². The summed E-state index contributed by atoms with van der Waals surface area (Å²) in [6.07, 6.45) is 0.860. The highest BCUT2D eigenvalue weighted by Crippen LogP contribution is 2.48. The molecule has 1 amide bonds. The molecule has 0 atom stereocenters. The molecule has 0 bridgehead atoms. The first kappa shape index (κ1) is 24.4. The Balaban J connectivity index is 1.92. The first-order valence-corrected chi connectivity index (χ1v) is 10.9. The summed E-state index contributed by atoms with van der Waals surface area (Å²) in [5.41, 5.74) is 0. The number of rotatable bonds is 10. The van der Waals surface area contributed by atoms with E-state index in [4.69, 9.17) is 67.2 Å². The van der Waals surface area contributed by atoms with Gasteiger partial charge in [-0.15, -0.1) is 0 Å². The molecular formula is C19H21Cl5N2O3. The summed E-state index contributed by atoms with van der Waals surface area (Å²) in [6.45, 7) is 7.67. The summed E-state index contributed by atoms with van der Waals surface area (Å²) in [5.74, 6) is 0.402. The van der Waals surface area contributed by atoms with Crippen LogP contribution in [-0.2, 0) is 6.61 Å². The molecule has 0 fully saturated rings. The quantitative estimate of drug-likeness (QED) is 0.226. The average Bonchev–Trinajstić information content (AvgIpc) is 3.20. The standard InChI is InChI=1S/C19H21Cl5N2O3/c1-3-26(4-2)9-5-8-25-19(27)12-7-6-11(29-12)10-28-18-16(23)14(21)13(20)15(22)17(18)24/h6-7H,3-5,8-10H2,1-2H3,(H,25,27). The molecule has 0 aliphatic heterocycles. The van der Waals surface area contributed by atoms with E-state index in [0.717, 1.165) is 26.1 Å². The number of carbonyl (C=O) groups is 1. The smallest absolute Gasteiger partial charge is 0.286 e. The van der Waals surface area contributed by atoms with Gasteiger partial charge in [-0.05, 0) is 38.2 Å². The molecule has 0 aliphatic rings. The van der Waals surface area contributed by atoms with Crippen LogP contribution in [0.2, 0.25) is 25.1 Å². The number of hydrogen-bond acceptors (Lipinski definition) is 4. The SMILES string of the molecule is CCN(CC)CCCNC(=O)c1ccc(COc2c(Cl)c(Cl)c(Cl)c(Cl)c2Cl)o1. The lowest BCUT2D eigenvalue weighted by Crippen LogP contribution is -2.29. The van der Waals surface area contributed by atoms with Gasteiger partial charge in [0.1, 0.15) is 22.4 Å². The molecule has 2 aromatic rings. The van der Waals surface area contributed by atoms with Crippen LogP contribution in [0.25, 0.3) is 0 Å². The molecule has 2 rings (SSSR count). The Bertz CT molecular complexity index is 824. The Morgan fingerprint density at radius 2 is 1.59 bits per heavy atom. The van der Waals surface area contributed by atoms with E-state index in [-0.39, 0.29) is 49.1 Å². The summed E-state index contributed by atoms with van der Waals surface area (Å²) in [4.78, 5) is 14.5. The number of halogens is 5. The Hall–Kier alpha value is -0.820. The molecule has 0 radical (unpaired) electrons. The third kappa shape index (κ3) is 6.33. The lowest BCUT2D eigenvalue weighted by molar-refractivity contribution is 0.0920. The minimum Gasteiger partial charge on any atom is -0.482 e. The van der Waals surface area contributed by atoms with E-state index in [9.17, 15) is 4.79 Å². The largest absolute Gasteiger partial charge is 0.482 e. The van der Waals surface area contributed by atoms with E-state index in [2.05, 4.69) is 24.1 Å². The maximum atomic E-state index is 12.2. The number of nitrogens with one attached hydrogen (secondary N) is 1. The van der Waals surface area contributed by atoms with Crippen molar-refractivity contribution in [2.75, 3.05) is 26.2 Å². The van der Waals surface area contributed by atoms with Gasteiger partial charge in [-0.3, -0.25) is 4.79 Å². The number of benzene rings is 1. The highest BCUT2D eigenvalue weighted by molar-refractivity contribution is 6.55. The molecular weight excluding hydrogens is 481 g/mol. The second kappa shape index (κ2) is 11.5. The maximum absolute atomic E-state index is 12.2. The van der Waals surface area contributed by atoms with Gasteiger partial charge in [0.05, 0.1) is 15.1 Å². The molecule has 0 saturated carbocycles. The van der Waals surface area contributed by atoms with E-state index in [0.29, 0.717) is 12.3 Å². The summed E-state index contributed by atoms with van der Waals surface area (Å²) < 4.78 is 11.1. The Morgan fingerprint density at radius 3 is 2.17 bits per heavy atom. The zero-order valence-electron chi connectivity index (χ0n) is 16.0. The molecule has 0 saturated heterocycles. The van der Waals surface area contributed by atoms with Crippen molar-refractivity contribution in [1.29, 1.82) is 0 Å². The van der Waals surface area contributed by atoms with Gasteiger partial charge >= 0.3 is 0 Å². The third-order valence-corrected chi connectivity index (χ3v) is 6.49. The predicted octanol–water partition coefficient (Wildman–Crippen LogP) is 6.59. The van der Waals surface area contributed by atoms with Gasteiger partial charge in [0.25, 0.3) is 5.91 Å². The van der Waals surface area contributed by atoms with Crippen LogP contribution < -0.4 is 10.1 Å². The summed E-state index contributed by atoms with van der Waals surface area (Å²) in [7, 11) is 0. The second-order valence-electron chi connectivity index (χ2n) is 6.09. The minimum absolute atomic E-state index is 0.0248. The topological polar surface area (TPSA) is 54.7 Å². The fraction of sp³-hybridized carbons (Fsp3) is 0.421. The summed E-state index contributed by atoms with van der Waals surface area (Å²) in [5, 5.41) is 3.06. The Kier molecular flexibility index (Phi) is 9.73. The van der Waals surface area contributed by atoms with Crippen LogP contribution in [0.1, 0.15) is 36.6 Å². The number of ether oxygens (including phenoxy) is 1. The van der Waals surface area contributed by atoms with E-state index in [1.54, 1.807) is 12.1 Å². The monoisotopic (exact) mass is 500 g/mol. The average molecular weight is 503 g/mol. The molecule has 160 valence electrons. The maximum Gasteiger partial charge on any atom is 0.286 e. The van der Waals surface area contributed by atoms with Crippen LogP contribution in [0.3, 0.4) is 0 Å².